The van der Waals surface area contributed by atoms with Crippen LogP contribution in [0.1, 0.15) is 24.5 Å². The average Bonchev–Trinajstić information content (AvgIpc) is 3.23. The van der Waals surface area contributed by atoms with Gasteiger partial charge in [-0.3, -0.25) is 4.79 Å². The Hall–Kier alpha value is -3.41. The molecule has 1 atom stereocenters. The van der Waals surface area contributed by atoms with Gasteiger partial charge in [0.1, 0.15) is 17.2 Å². The number of aromatic amines is 1. The maximum atomic E-state index is 12.3. The molecule has 140 valence electrons. The number of hydrogen-bond acceptors (Lipinski definition) is 5. The Morgan fingerprint density at radius 1 is 1.14 bits per heavy atom. The quantitative estimate of drug-likeness (QED) is 0.589. The summed E-state index contributed by atoms with van der Waals surface area (Å²) in [6.45, 7) is 1.71. The molecule has 0 amide bonds. The van der Waals surface area contributed by atoms with Gasteiger partial charge < -0.3 is 14.3 Å². The van der Waals surface area contributed by atoms with Crippen LogP contribution < -0.4 is 10.5 Å². The molecule has 5 rings (SSSR count). The summed E-state index contributed by atoms with van der Waals surface area (Å²) in [5.74, 6) is 1.74. The zero-order valence-corrected chi connectivity index (χ0v) is 15.3. The second-order valence-electron chi connectivity index (χ2n) is 7.14. The summed E-state index contributed by atoms with van der Waals surface area (Å²) in [6.07, 6.45) is 5.50. The average molecular weight is 372 g/mol. The summed E-state index contributed by atoms with van der Waals surface area (Å²) in [5.41, 5.74) is 2.48. The van der Waals surface area contributed by atoms with E-state index in [1.165, 1.54) is 0 Å². The molecule has 6 nitrogen and oxygen atoms in total. The van der Waals surface area contributed by atoms with Crippen molar-refractivity contribution in [2.24, 2.45) is 0 Å². The van der Waals surface area contributed by atoms with Crippen molar-refractivity contribution in [2.75, 3.05) is 18.0 Å². The number of pyridine rings is 1. The fraction of sp³-hybridized carbons (Fsp3) is 0.227. The topological polar surface area (TPSA) is 75.0 Å². The van der Waals surface area contributed by atoms with E-state index < -0.39 is 0 Å². The van der Waals surface area contributed by atoms with E-state index in [9.17, 15) is 4.79 Å². The molecule has 3 aromatic heterocycles. The summed E-state index contributed by atoms with van der Waals surface area (Å²) in [7, 11) is 0. The fourth-order valence-corrected chi connectivity index (χ4v) is 3.96. The minimum Gasteiger partial charge on any atom is -0.464 e. The molecule has 1 N–H and O–H groups in total. The number of nitrogens with one attached hydrogen (secondary N) is 1. The lowest BCUT2D eigenvalue weighted by atomic mass is 9.94. The van der Waals surface area contributed by atoms with Crippen LogP contribution in [0.2, 0.25) is 0 Å². The fourth-order valence-electron chi connectivity index (χ4n) is 3.96. The first-order chi connectivity index (χ1) is 13.8. The van der Waals surface area contributed by atoms with E-state index in [0.29, 0.717) is 5.82 Å². The summed E-state index contributed by atoms with van der Waals surface area (Å²) < 4.78 is 5.52. The van der Waals surface area contributed by atoms with Gasteiger partial charge in [-0.25, -0.2) is 9.97 Å². The lowest BCUT2D eigenvalue weighted by molar-refractivity contribution is 0.499. The SMILES string of the molecule is O=c1cc([C@@H]2CCCN(c3nccc4occc34)C2)nc(-c2ccccc2)[nH]1. The molecule has 4 heterocycles. The Bertz CT molecular complexity index is 1170. The van der Waals surface area contributed by atoms with Crippen molar-refractivity contribution in [3.8, 4) is 11.4 Å². The highest BCUT2D eigenvalue weighted by molar-refractivity contribution is 5.88. The van der Waals surface area contributed by atoms with E-state index in [-0.39, 0.29) is 11.5 Å². The number of rotatable bonds is 3. The number of H-pyrrole nitrogens is 1. The molecule has 0 aliphatic carbocycles. The molecule has 0 bridgehead atoms. The van der Waals surface area contributed by atoms with Gasteiger partial charge in [0.05, 0.1) is 17.3 Å². The first-order valence-corrected chi connectivity index (χ1v) is 9.52. The Balaban J connectivity index is 1.48. The third kappa shape index (κ3) is 3.07. The van der Waals surface area contributed by atoms with Crippen LogP contribution in [0.25, 0.3) is 22.4 Å². The Kier molecular flexibility index (Phi) is 4.16. The second-order valence-corrected chi connectivity index (χ2v) is 7.14. The zero-order valence-electron chi connectivity index (χ0n) is 15.3. The molecule has 1 fully saturated rings. The van der Waals surface area contributed by atoms with Gasteiger partial charge in [-0.2, -0.15) is 0 Å². The standard InChI is InChI=1S/C22H20N4O2/c27-20-13-18(24-21(25-20)15-5-2-1-3-6-15)16-7-4-11-26(14-16)22-17-9-12-28-19(17)8-10-23-22/h1-3,5-6,8-10,12-13,16H,4,7,11,14H2,(H,24,25,27)/t16-/m1/s1. The Morgan fingerprint density at radius 2 is 2.04 bits per heavy atom. The summed E-state index contributed by atoms with van der Waals surface area (Å²) in [5, 5.41) is 1.02. The summed E-state index contributed by atoms with van der Waals surface area (Å²) >= 11 is 0. The van der Waals surface area contributed by atoms with E-state index in [2.05, 4.69) is 14.9 Å². The van der Waals surface area contributed by atoms with Gasteiger partial charge in [0, 0.05) is 36.8 Å². The van der Waals surface area contributed by atoms with Crippen molar-refractivity contribution in [1.82, 2.24) is 15.0 Å². The predicted octanol–water partition coefficient (Wildman–Crippen LogP) is 3.96. The van der Waals surface area contributed by atoms with Crippen molar-refractivity contribution in [3.05, 3.63) is 77.0 Å². The molecule has 1 aliphatic heterocycles. The number of hydrogen-bond donors (Lipinski definition) is 1. The predicted molar refractivity (Wildman–Crippen MR) is 108 cm³/mol. The van der Waals surface area contributed by atoms with Crippen LogP contribution in [-0.4, -0.2) is 28.0 Å². The van der Waals surface area contributed by atoms with Crippen LogP contribution in [0, 0.1) is 0 Å². The molecular weight excluding hydrogens is 352 g/mol. The van der Waals surface area contributed by atoms with Crippen LogP contribution in [0.4, 0.5) is 5.82 Å². The minimum atomic E-state index is -0.115. The maximum absolute atomic E-state index is 12.3. The van der Waals surface area contributed by atoms with Crippen molar-refractivity contribution in [1.29, 1.82) is 0 Å². The summed E-state index contributed by atoms with van der Waals surface area (Å²) in [6, 6.07) is 15.2. The summed E-state index contributed by atoms with van der Waals surface area (Å²) in [4.78, 5) is 26.8. The highest BCUT2D eigenvalue weighted by Crippen LogP contribution is 2.32. The molecule has 4 aromatic rings. The number of aromatic nitrogens is 3. The van der Waals surface area contributed by atoms with Crippen LogP contribution in [0.3, 0.4) is 0 Å². The van der Waals surface area contributed by atoms with Gasteiger partial charge in [-0.15, -0.1) is 0 Å². The third-order valence-corrected chi connectivity index (χ3v) is 5.31. The number of anilines is 1. The highest BCUT2D eigenvalue weighted by atomic mass is 16.3. The number of benzene rings is 1. The van der Waals surface area contributed by atoms with E-state index >= 15 is 0 Å². The monoisotopic (exact) mass is 372 g/mol. The van der Waals surface area contributed by atoms with E-state index in [1.54, 1.807) is 18.5 Å². The van der Waals surface area contributed by atoms with Gasteiger partial charge in [-0.1, -0.05) is 30.3 Å². The molecular formula is C22H20N4O2. The Morgan fingerprint density at radius 3 is 2.93 bits per heavy atom. The lowest BCUT2D eigenvalue weighted by Gasteiger charge is -2.33. The first kappa shape index (κ1) is 16.7. The first-order valence-electron chi connectivity index (χ1n) is 9.52. The second kappa shape index (κ2) is 6.96. The molecule has 6 heteroatoms. The Labute approximate surface area is 161 Å². The normalized spacial score (nSPS) is 17.1. The van der Waals surface area contributed by atoms with E-state index in [4.69, 9.17) is 9.40 Å². The number of furan rings is 1. The van der Waals surface area contributed by atoms with Crippen molar-refractivity contribution < 1.29 is 4.42 Å². The largest absolute Gasteiger partial charge is 0.464 e. The van der Waals surface area contributed by atoms with Crippen molar-refractivity contribution in [3.63, 3.8) is 0 Å². The zero-order chi connectivity index (χ0) is 18.9. The van der Waals surface area contributed by atoms with Gasteiger partial charge in [0.25, 0.3) is 5.56 Å². The molecule has 0 radical (unpaired) electrons. The minimum absolute atomic E-state index is 0.115. The van der Waals surface area contributed by atoms with Crippen LogP contribution in [0.15, 0.2) is 70.2 Å². The van der Waals surface area contributed by atoms with Gasteiger partial charge >= 0.3 is 0 Å². The van der Waals surface area contributed by atoms with Crippen LogP contribution in [0.5, 0.6) is 0 Å². The van der Waals surface area contributed by atoms with E-state index in [1.807, 2.05) is 42.5 Å². The lowest BCUT2D eigenvalue weighted by Crippen LogP contribution is -2.35. The smallest absolute Gasteiger partial charge is 0.251 e. The third-order valence-electron chi connectivity index (χ3n) is 5.31. The number of piperidine rings is 1. The van der Waals surface area contributed by atoms with Gasteiger partial charge in [-0.05, 0) is 25.0 Å². The molecule has 0 saturated carbocycles. The number of nitrogens with zero attached hydrogens (tertiary/aromatic N) is 3. The van der Waals surface area contributed by atoms with E-state index in [0.717, 1.165) is 54.0 Å². The molecule has 1 saturated heterocycles. The molecule has 1 aromatic carbocycles. The highest BCUT2D eigenvalue weighted by Gasteiger charge is 2.25. The molecule has 0 spiro atoms. The molecule has 0 unspecified atom stereocenters. The number of fused-ring (bicyclic) bond motifs is 1. The molecule has 28 heavy (non-hydrogen) atoms. The molecule has 1 aliphatic rings. The van der Waals surface area contributed by atoms with Crippen molar-refractivity contribution in [2.45, 2.75) is 18.8 Å². The van der Waals surface area contributed by atoms with Gasteiger partial charge in [0.15, 0.2) is 0 Å². The van der Waals surface area contributed by atoms with Crippen LogP contribution in [-0.2, 0) is 0 Å². The maximum Gasteiger partial charge on any atom is 0.251 e. The van der Waals surface area contributed by atoms with Crippen LogP contribution >= 0.6 is 0 Å². The van der Waals surface area contributed by atoms with Crippen molar-refractivity contribution >= 4 is 16.8 Å². The van der Waals surface area contributed by atoms with Gasteiger partial charge in [0.2, 0.25) is 0 Å².